The molecular weight excluding hydrogens is 382 g/mol. The van der Waals surface area contributed by atoms with Crippen LogP contribution in [0.3, 0.4) is 0 Å². The highest BCUT2D eigenvalue weighted by molar-refractivity contribution is 6.04. The Bertz CT molecular complexity index is 951. The third-order valence-electron chi connectivity index (χ3n) is 4.41. The zero-order valence-corrected chi connectivity index (χ0v) is 17.1. The molecule has 2 amide bonds. The van der Waals surface area contributed by atoms with Crippen LogP contribution < -0.4 is 15.4 Å². The zero-order valence-electron chi connectivity index (χ0n) is 17.1. The van der Waals surface area contributed by atoms with Gasteiger partial charge in [-0.2, -0.15) is 0 Å². The fraction of sp³-hybridized carbons (Fsp3) is 0.217. The molecule has 3 rings (SSSR count). The molecule has 3 aromatic rings. The molecule has 2 N–H and O–H groups in total. The van der Waals surface area contributed by atoms with Crippen LogP contribution in [0.2, 0.25) is 0 Å². The van der Waals surface area contributed by atoms with Crippen molar-refractivity contribution in [2.24, 2.45) is 0 Å². The van der Waals surface area contributed by atoms with E-state index < -0.39 is 0 Å². The first-order valence-corrected chi connectivity index (χ1v) is 9.69. The average molecular weight is 407 g/mol. The van der Waals surface area contributed by atoms with Crippen molar-refractivity contribution >= 4 is 23.2 Å². The molecule has 0 aliphatic rings. The van der Waals surface area contributed by atoms with E-state index in [0.717, 1.165) is 17.2 Å². The Morgan fingerprint density at radius 2 is 1.70 bits per heavy atom. The number of anilines is 2. The maximum absolute atomic E-state index is 12.4. The standard InChI is InChI=1S/C23H25N3O4/c1-3-29-20-12-10-19(11-13-20)25-23(28)17-6-8-18(9-7-17)24-15-22(27)26(2)16-21-5-4-14-30-21/h4-14,24H,3,15-16H2,1-2H3,(H,25,28). The number of hydrogen-bond acceptors (Lipinski definition) is 5. The van der Waals surface area contributed by atoms with Crippen LogP contribution in [-0.4, -0.2) is 36.9 Å². The maximum Gasteiger partial charge on any atom is 0.255 e. The predicted octanol–water partition coefficient (Wildman–Crippen LogP) is 4.00. The first kappa shape index (κ1) is 21.0. The first-order valence-electron chi connectivity index (χ1n) is 9.69. The molecule has 0 atom stereocenters. The van der Waals surface area contributed by atoms with Gasteiger partial charge in [-0.05, 0) is 67.6 Å². The van der Waals surface area contributed by atoms with Gasteiger partial charge in [0.25, 0.3) is 5.91 Å². The van der Waals surface area contributed by atoms with Gasteiger partial charge in [0.1, 0.15) is 11.5 Å². The zero-order chi connectivity index (χ0) is 21.3. The predicted molar refractivity (Wildman–Crippen MR) is 116 cm³/mol. The summed E-state index contributed by atoms with van der Waals surface area (Å²) >= 11 is 0. The SMILES string of the molecule is CCOc1ccc(NC(=O)c2ccc(NCC(=O)N(C)Cc3ccco3)cc2)cc1. The van der Waals surface area contributed by atoms with Gasteiger partial charge in [0.2, 0.25) is 5.91 Å². The Balaban J connectivity index is 1.49. The Hall–Kier alpha value is -3.74. The number of nitrogens with one attached hydrogen (secondary N) is 2. The molecule has 1 aromatic heterocycles. The van der Waals surface area contributed by atoms with E-state index in [1.165, 1.54) is 0 Å². The minimum absolute atomic E-state index is 0.0660. The number of amides is 2. The Labute approximate surface area is 175 Å². The van der Waals surface area contributed by atoms with Gasteiger partial charge in [-0.25, -0.2) is 0 Å². The summed E-state index contributed by atoms with van der Waals surface area (Å²) in [5.41, 5.74) is 1.97. The number of rotatable bonds is 9. The summed E-state index contributed by atoms with van der Waals surface area (Å²) in [6.45, 7) is 3.08. The molecule has 0 bridgehead atoms. The number of ether oxygens (including phenoxy) is 1. The lowest BCUT2D eigenvalue weighted by molar-refractivity contribution is -0.128. The molecule has 2 aromatic carbocycles. The summed E-state index contributed by atoms with van der Waals surface area (Å²) in [7, 11) is 1.72. The number of likely N-dealkylation sites (N-methyl/N-ethyl adjacent to an activating group) is 1. The van der Waals surface area contributed by atoms with Gasteiger partial charge in [-0.3, -0.25) is 9.59 Å². The van der Waals surface area contributed by atoms with Crippen LogP contribution in [0.15, 0.2) is 71.3 Å². The van der Waals surface area contributed by atoms with Gasteiger partial charge < -0.3 is 24.7 Å². The molecule has 156 valence electrons. The van der Waals surface area contributed by atoms with Crippen LogP contribution >= 0.6 is 0 Å². The second-order valence-corrected chi connectivity index (χ2v) is 6.67. The number of carbonyl (C=O) groups excluding carboxylic acids is 2. The average Bonchev–Trinajstić information content (AvgIpc) is 3.27. The molecule has 30 heavy (non-hydrogen) atoms. The number of nitrogens with zero attached hydrogens (tertiary/aromatic N) is 1. The van der Waals surface area contributed by atoms with E-state index >= 15 is 0 Å². The van der Waals surface area contributed by atoms with E-state index in [2.05, 4.69) is 10.6 Å². The Morgan fingerprint density at radius 1 is 1.00 bits per heavy atom. The van der Waals surface area contributed by atoms with E-state index in [0.29, 0.717) is 24.4 Å². The minimum atomic E-state index is -0.208. The summed E-state index contributed by atoms with van der Waals surface area (Å²) < 4.78 is 10.6. The van der Waals surface area contributed by atoms with Crippen molar-refractivity contribution in [3.8, 4) is 5.75 Å². The number of furan rings is 1. The van der Waals surface area contributed by atoms with Crippen LogP contribution in [0.4, 0.5) is 11.4 Å². The Kier molecular flexibility index (Phi) is 7.10. The summed E-state index contributed by atoms with van der Waals surface area (Å²) in [6.07, 6.45) is 1.58. The Morgan fingerprint density at radius 3 is 2.33 bits per heavy atom. The van der Waals surface area contributed by atoms with Gasteiger partial charge in [-0.1, -0.05) is 0 Å². The van der Waals surface area contributed by atoms with Crippen LogP contribution in [0.1, 0.15) is 23.0 Å². The molecule has 0 fully saturated rings. The van der Waals surface area contributed by atoms with Gasteiger partial charge in [0, 0.05) is 24.0 Å². The molecule has 1 heterocycles. The van der Waals surface area contributed by atoms with Crippen molar-refractivity contribution in [3.05, 3.63) is 78.3 Å². The van der Waals surface area contributed by atoms with Crippen molar-refractivity contribution in [1.82, 2.24) is 4.90 Å². The van der Waals surface area contributed by atoms with Crippen molar-refractivity contribution in [2.45, 2.75) is 13.5 Å². The molecule has 0 saturated heterocycles. The third-order valence-corrected chi connectivity index (χ3v) is 4.41. The minimum Gasteiger partial charge on any atom is -0.494 e. The van der Waals surface area contributed by atoms with Crippen molar-refractivity contribution in [1.29, 1.82) is 0 Å². The second kappa shape index (κ2) is 10.2. The lowest BCUT2D eigenvalue weighted by atomic mass is 10.2. The second-order valence-electron chi connectivity index (χ2n) is 6.67. The highest BCUT2D eigenvalue weighted by Gasteiger charge is 2.11. The van der Waals surface area contributed by atoms with Gasteiger partial charge >= 0.3 is 0 Å². The molecular formula is C23H25N3O4. The molecule has 0 aliphatic carbocycles. The molecule has 7 heteroatoms. The van der Waals surface area contributed by atoms with Crippen LogP contribution in [0, 0.1) is 0 Å². The van der Waals surface area contributed by atoms with E-state index in [9.17, 15) is 9.59 Å². The lowest BCUT2D eigenvalue weighted by Crippen LogP contribution is -2.31. The fourth-order valence-electron chi connectivity index (χ4n) is 2.78. The normalized spacial score (nSPS) is 10.3. The number of carbonyl (C=O) groups is 2. The third kappa shape index (κ3) is 5.88. The highest BCUT2D eigenvalue weighted by Crippen LogP contribution is 2.17. The molecule has 0 spiro atoms. The van der Waals surface area contributed by atoms with Gasteiger partial charge in [0.05, 0.1) is 26.0 Å². The molecule has 0 unspecified atom stereocenters. The highest BCUT2D eigenvalue weighted by atomic mass is 16.5. The van der Waals surface area contributed by atoms with Crippen LogP contribution in [0.5, 0.6) is 5.75 Å². The van der Waals surface area contributed by atoms with Crippen LogP contribution in [0.25, 0.3) is 0 Å². The summed E-state index contributed by atoms with van der Waals surface area (Å²) in [6, 6.07) is 17.8. The van der Waals surface area contributed by atoms with Crippen LogP contribution in [-0.2, 0) is 11.3 Å². The monoisotopic (exact) mass is 407 g/mol. The van der Waals surface area contributed by atoms with Gasteiger partial charge in [0.15, 0.2) is 0 Å². The number of hydrogen-bond donors (Lipinski definition) is 2. The quantitative estimate of drug-likeness (QED) is 0.560. The summed E-state index contributed by atoms with van der Waals surface area (Å²) in [5.74, 6) is 1.22. The largest absolute Gasteiger partial charge is 0.494 e. The topological polar surface area (TPSA) is 83.8 Å². The molecule has 0 radical (unpaired) electrons. The summed E-state index contributed by atoms with van der Waals surface area (Å²) in [4.78, 5) is 26.2. The van der Waals surface area contributed by atoms with E-state index in [1.807, 2.05) is 25.1 Å². The van der Waals surface area contributed by atoms with Crippen molar-refractivity contribution < 1.29 is 18.7 Å². The van der Waals surface area contributed by atoms with Crippen molar-refractivity contribution in [2.75, 3.05) is 30.8 Å². The maximum atomic E-state index is 12.4. The summed E-state index contributed by atoms with van der Waals surface area (Å²) in [5, 5.41) is 5.92. The number of benzene rings is 2. The fourth-order valence-corrected chi connectivity index (χ4v) is 2.78. The smallest absolute Gasteiger partial charge is 0.255 e. The van der Waals surface area contributed by atoms with E-state index in [1.54, 1.807) is 60.7 Å². The first-order chi connectivity index (χ1) is 14.5. The molecule has 0 saturated carbocycles. The molecule has 7 nitrogen and oxygen atoms in total. The van der Waals surface area contributed by atoms with Crippen molar-refractivity contribution in [3.63, 3.8) is 0 Å². The lowest BCUT2D eigenvalue weighted by Gasteiger charge is -2.16. The molecule has 0 aliphatic heterocycles. The van der Waals surface area contributed by atoms with E-state index in [4.69, 9.17) is 9.15 Å². The van der Waals surface area contributed by atoms with E-state index in [-0.39, 0.29) is 18.4 Å². The van der Waals surface area contributed by atoms with Gasteiger partial charge in [-0.15, -0.1) is 0 Å².